The highest BCUT2D eigenvalue weighted by Gasteiger charge is 2.17. The molecule has 0 saturated carbocycles. The van der Waals surface area contributed by atoms with Crippen LogP contribution in [-0.2, 0) is 12.1 Å². The molecule has 1 aromatic carbocycles. The van der Waals surface area contributed by atoms with Crippen LogP contribution in [0.4, 0.5) is 10.5 Å². The van der Waals surface area contributed by atoms with Gasteiger partial charge < -0.3 is 10.6 Å². The number of pyridine rings is 1. The Hall–Kier alpha value is -3.29. The molecule has 0 aliphatic heterocycles. The standard InChI is InChI=1S/C18H21N7O/c1-18(2,3)25-23-16(22-24-25)12-20-17(26)21-14-9-10-19-15(11-14)13-7-5-4-6-8-13/h4-11H,12H2,1-3H3,(H2,19,20,21,26). The van der Waals surface area contributed by atoms with Crippen molar-refractivity contribution >= 4 is 11.7 Å². The second kappa shape index (κ2) is 7.30. The van der Waals surface area contributed by atoms with E-state index in [1.807, 2.05) is 57.2 Å². The van der Waals surface area contributed by atoms with E-state index in [-0.39, 0.29) is 18.1 Å². The molecule has 0 spiro atoms. The third-order valence-electron chi connectivity index (χ3n) is 3.55. The van der Waals surface area contributed by atoms with Gasteiger partial charge in [0.25, 0.3) is 0 Å². The summed E-state index contributed by atoms with van der Waals surface area (Å²) in [5, 5.41) is 17.7. The van der Waals surface area contributed by atoms with Crippen molar-refractivity contribution in [3.8, 4) is 11.3 Å². The van der Waals surface area contributed by atoms with Gasteiger partial charge >= 0.3 is 6.03 Å². The van der Waals surface area contributed by atoms with E-state index in [9.17, 15) is 4.79 Å². The summed E-state index contributed by atoms with van der Waals surface area (Å²) in [5.41, 5.74) is 2.18. The molecule has 2 amide bonds. The fourth-order valence-corrected chi connectivity index (χ4v) is 2.21. The number of urea groups is 1. The third kappa shape index (κ3) is 4.41. The van der Waals surface area contributed by atoms with Crippen LogP contribution in [0.25, 0.3) is 11.3 Å². The van der Waals surface area contributed by atoms with Gasteiger partial charge in [-0.2, -0.15) is 4.80 Å². The minimum absolute atomic E-state index is 0.193. The molecule has 0 aliphatic rings. The number of aromatic nitrogens is 5. The zero-order chi connectivity index (χ0) is 18.6. The normalized spacial score (nSPS) is 11.2. The van der Waals surface area contributed by atoms with Crippen molar-refractivity contribution in [1.82, 2.24) is 30.5 Å². The Kier molecular flexibility index (Phi) is 4.92. The van der Waals surface area contributed by atoms with Crippen LogP contribution in [0.15, 0.2) is 48.7 Å². The number of rotatable bonds is 4. The molecule has 2 N–H and O–H groups in total. The molecule has 2 aromatic heterocycles. The average molecular weight is 351 g/mol. The SMILES string of the molecule is CC(C)(C)n1nnc(CNC(=O)Nc2ccnc(-c3ccccc3)c2)n1. The van der Waals surface area contributed by atoms with Crippen LogP contribution in [0.1, 0.15) is 26.6 Å². The average Bonchev–Trinajstić information content (AvgIpc) is 3.10. The van der Waals surface area contributed by atoms with Crippen molar-refractivity contribution in [1.29, 1.82) is 0 Å². The molecule has 0 aliphatic carbocycles. The molecule has 0 bridgehead atoms. The monoisotopic (exact) mass is 351 g/mol. The van der Waals surface area contributed by atoms with Crippen molar-refractivity contribution in [3.05, 3.63) is 54.5 Å². The first-order valence-electron chi connectivity index (χ1n) is 8.27. The summed E-state index contributed by atoms with van der Waals surface area (Å²) < 4.78 is 0. The number of hydrogen-bond acceptors (Lipinski definition) is 5. The first kappa shape index (κ1) is 17.5. The molecule has 2 heterocycles. The summed E-state index contributed by atoms with van der Waals surface area (Å²) in [5.74, 6) is 0.453. The molecular formula is C18H21N7O. The maximum atomic E-state index is 12.1. The molecule has 0 fully saturated rings. The second-order valence-electron chi connectivity index (χ2n) is 6.77. The molecule has 134 valence electrons. The van der Waals surface area contributed by atoms with Gasteiger partial charge in [0.1, 0.15) is 0 Å². The van der Waals surface area contributed by atoms with E-state index in [0.29, 0.717) is 11.5 Å². The zero-order valence-corrected chi connectivity index (χ0v) is 15.0. The van der Waals surface area contributed by atoms with Crippen LogP contribution in [0, 0.1) is 0 Å². The minimum atomic E-state index is -0.345. The number of tetrazole rings is 1. The lowest BCUT2D eigenvalue weighted by Crippen LogP contribution is -2.29. The number of hydrogen-bond donors (Lipinski definition) is 2. The van der Waals surface area contributed by atoms with Crippen molar-refractivity contribution < 1.29 is 4.79 Å². The number of anilines is 1. The summed E-state index contributed by atoms with van der Waals surface area (Å²) in [6, 6.07) is 13.0. The van der Waals surface area contributed by atoms with Crippen LogP contribution in [0.5, 0.6) is 0 Å². The van der Waals surface area contributed by atoms with E-state index in [1.165, 1.54) is 4.80 Å². The van der Waals surface area contributed by atoms with Gasteiger partial charge in [-0.1, -0.05) is 30.3 Å². The molecule has 0 atom stereocenters. The van der Waals surface area contributed by atoms with Crippen molar-refractivity contribution in [2.24, 2.45) is 0 Å². The van der Waals surface area contributed by atoms with E-state index in [1.54, 1.807) is 12.3 Å². The Morgan fingerprint density at radius 3 is 2.62 bits per heavy atom. The quantitative estimate of drug-likeness (QED) is 0.753. The lowest BCUT2D eigenvalue weighted by atomic mass is 10.1. The van der Waals surface area contributed by atoms with E-state index in [2.05, 4.69) is 31.0 Å². The molecular weight excluding hydrogens is 330 g/mol. The van der Waals surface area contributed by atoms with Gasteiger partial charge in [-0.3, -0.25) is 4.98 Å². The number of nitrogens with zero attached hydrogens (tertiary/aromatic N) is 5. The molecule has 0 unspecified atom stereocenters. The van der Waals surface area contributed by atoms with Gasteiger partial charge in [-0.05, 0) is 38.1 Å². The largest absolute Gasteiger partial charge is 0.330 e. The maximum Gasteiger partial charge on any atom is 0.319 e. The molecule has 8 nitrogen and oxygen atoms in total. The predicted octanol–water partition coefficient (Wildman–Crippen LogP) is 2.81. The lowest BCUT2D eigenvalue weighted by molar-refractivity contribution is 0.251. The Labute approximate surface area is 151 Å². The summed E-state index contributed by atoms with van der Waals surface area (Å²) in [7, 11) is 0. The molecule has 3 aromatic rings. The smallest absolute Gasteiger partial charge is 0.319 e. The molecule has 8 heteroatoms. The highest BCUT2D eigenvalue weighted by Crippen LogP contribution is 2.19. The number of carbonyl (C=O) groups is 1. The topological polar surface area (TPSA) is 97.6 Å². The van der Waals surface area contributed by atoms with E-state index in [0.717, 1.165) is 11.3 Å². The number of benzene rings is 1. The summed E-state index contributed by atoms with van der Waals surface area (Å²) in [6.45, 7) is 6.13. The first-order chi connectivity index (χ1) is 12.4. The van der Waals surface area contributed by atoms with Crippen LogP contribution in [0.3, 0.4) is 0 Å². The van der Waals surface area contributed by atoms with Crippen molar-refractivity contribution in [3.63, 3.8) is 0 Å². The first-order valence-corrected chi connectivity index (χ1v) is 8.27. The Morgan fingerprint density at radius 2 is 1.92 bits per heavy atom. The van der Waals surface area contributed by atoms with Crippen molar-refractivity contribution in [2.45, 2.75) is 32.9 Å². The van der Waals surface area contributed by atoms with Crippen LogP contribution >= 0.6 is 0 Å². The van der Waals surface area contributed by atoms with E-state index >= 15 is 0 Å². The van der Waals surface area contributed by atoms with Crippen LogP contribution in [-0.4, -0.2) is 31.2 Å². The Morgan fingerprint density at radius 1 is 1.15 bits per heavy atom. The second-order valence-corrected chi connectivity index (χ2v) is 6.77. The van der Waals surface area contributed by atoms with Crippen LogP contribution < -0.4 is 10.6 Å². The van der Waals surface area contributed by atoms with Gasteiger partial charge in [0.2, 0.25) is 0 Å². The number of nitrogens with one attached hydrogen (secondary N) is 2. The minimum Gasteiger partial charge on any atom is -0.330 e. The highest BCUT2D eigenvalue weighted by atomic mass is 16.2. The van der Waals surface area contributed by atoms with Gasteiger partial charge in [-0.25, -0.2) is 4.79 Å². The van der Waals surface area contributed by atoms with Gasteiger partial charge in [0, 0.05) is 17.4 Å². The van der Waals surface area contributed by atoms with E-state index < -0.39 is 0 Å². The molecule has 3 rings (SSSR count). The molecule has 0 radical (unpaired) electrons. The highest BCUT2D eigenvalue weighted by molar-refractivity contribution is 5.89. The predicted molar refractivity (Wildman–Crippen MR) is 98.3 cm³/mol. The molecule has 26 heavy (non-hydrogen) atoms. The van der Waals surface area contributed by atoms with Crippen molar-refractivity contribution in [2.75, 3.05) is 5.32 Å². The Bertz CT molecular complexity index is 884. The lowest BCUT2D eigenvalue weighted by Gasteiger charge is -2.15. The summed E-state index contributed by atoms with van der Waals surface area (Å²) in [4.78, 5) is 18.0. The fraction of sp³-hybridized carbons (Fsp3) is 0.278. The molecule has 0 saturated heterocycles. The van der Waals surface area contributed by atoms with Crippen LogP contribution in [0.2, 0.25) is 0 Å². The zero-order valence-electron chi connectivity index (χ0n) is 15.0. The van der Waals surface area contributed by atoms with Gasteiger partial charge in [0.05, 0.1) is 17.8 Å². The Balaban J connectivity index is 1.59. The summed E-state index contributed by atoms with van der Waals surface area (Å²) in [6.07, 6.45) is 1.66. The number of amides is 2. The van der Waals surface area contributed by atoms with Gasteiger partial charge in [-0.15, -0.1) is 10.2 Å². The fourth-order valence-electron chi connectivity index (χ4n) is 2.21. The summed E-state index contributed by atoms with van der Waals surface area (Å²) >= 11 is 0. The number of carbonyl (C=O) groups excluding carboxylic acids is 1. The van der Waals surface area contributed by atoms with E-state index in [4.69, 9.17) is 0 Å². The third-order valence-corrected chi connectivity index (χ3v) is 3.55. The van der Waals surface area contributed by atoms with Gasteiger partial charge in [0.15, 0.2) is 5.82 Å². The maximum absolute atomic E-state index is 12.1.